The number of carbonyl (C=O) groups is 1. The first kappa shape index (κ1) is 21.7. The van der Waals surface area contributed by atoms with Gasteiger partial charge in [-0.3, -0.25) is 4.79 Å². The zero-order chi connectivity index (χ0) is 21.7. The fourth-order valence-electron chi connectivity index (χ4n) is 3.76. The molecule has 0 unspecified atom stereocenters. The highest BCUT2D eigenvalue weighted by Gasteiger charge is 2.26. The van der Waals surface area contributed by atoms with Crippen molar-refractivity contribution in [1.29, 1.82) is 5.26 Å². The van der Waals surface area contributed by atoms with Crippen molar-refractivity contribution in [3.8, 4) is 6.07 Å². The molecule has 1 aromatic heterocycles. The average Bonchev–Trinajstić information content (AvgIpc) is 2.75. The molecule has 1 fully saturated rings. The largest absolute Gasteiger partial charge is 0.353 e. The molecule has 158 valence electrons. The number of nitrogens with zero attached hydrogens (tertiary/aromatic N) is 5. The van der Waals surface area contributed by atoms with E-state index < -0.39 is 0 Å². The molecule has 2 aromatic rings. The normalized spacial score (nSPS) is 14.1. The summed E-state index contributed by atoms with van der Waals surface area (Å²) in [6, 6.07) is 8.62. The van der Waals surface area contributed by atoms with Crippen molar-refractivity contribution in [1.82, 2.24) is 14.9 Å². The molecule has 30 heavy (non-hydrogen) atoms. The van der Waals surface area contributed by atoms with Crippen LogP contribution in [0.5, 0.6) is 0 Å². The van der Waals surface area contributed by atoms with Crippen LogP contribution in [0.3, 0.4) is 0 Å². The highest BCUT2D eigenvalue weighted by atomic mass is 19.1. The molecule has 0 saturated carbocycles. The van der Waals surface area contributed by atoms with Crippen molar-refractivity contribution >= 4 is 11.7 Å². The Hall–Kier alpha value is -3.01. The Balaban J connectivity index is 1.93. The number of rotatable bonds is 6. The molecule has 0 spiro atoms. The van der Waals surface area contributed by atoms with E-state index in [2.05, 4.69) is 16.0 Å². The quantitative estimate of drug-likeness (QED) is 0.733. The van der Waals surface area contributed by atoms with Crippen LogP contribution in [0.1, 0.15) is 43.4 Å². The van der Waals surface area contributed by atoms with Crippen LogP contribution in [0.2, 0.25) is 0 Å². The fraction of sp³-hybridized carbons (Fsp3) is 0.478. The summed E-state index contributed by atoms with van der Waals surface area (Å²) in [4.78, 5) is 25.8. The Kier molecular flexibility index (Phi) is 6.99. The lowest BCUT2D eigenvalue weighted by molar-refractivity contribution is -0.134. The molecule has 0 aliphatic carbocycles. The number of amides is 1. The number of carbonyl (C=O) groups excluding carboxylic acids is 1. The Morgan fingerprint density at radius 2 is 1.83 bits per heavy atom. The van der Waals surface area contributed by atoms with Crippen LogP contribution < -0.4 is 4.90 Å². The van der Waals surface area contributed by atoms with E-state index in [0.717, 1.165) is 29.1 Å². The van der Waals surface area contributed by atoms with Gasteiger partial charge < -0.3 is 9.80 Å². The van der Waals surface area contributed by atoms with Crippen LogP contribution in [0.4, 0.5) is 10.2 Å². The monoisotopic (exact) mass is 409 g/mol. The third-order valence-electron chi connectivity index (χ3n) is 5.37. The molecule has 1 aliphatic rings. The summed E-state index contributed by atoms with van der Waals surface area (Å²) >= 11 is 0. The summed E-state index contributed by atoms with van der Waals surface area (Å²) in [5.41, 5.74) is 2.90. The molecular formula is C23H28FN5O. The Morgan fingerprint density at radius 3 is 2.40 bits per heavy atom. The van der Waals surface area contributed by atoms with E-state index in [1.807, 2.05) is 25.7 Å². The molecule has 1 aromatic carbocycles. The molecule has 3 rings (SSSR count). The van der Waals surface area contributed by atoms with Crippen molar-refractivity contribution in [3.63, 3.8) is 0 Å². The van der Waals surface area contributed by atoms with Gasteiger partial charge in [-0.15, -0.1) is 0 Å². The molecule has 1 amide bonds. The second kappa shape index (κ2) is 9.66. The summed E-state index contributed by atoms with van der Waals surface area (Å²) in [7, 11) is 0. The maximum Gasteiger partial charge on any atom is 0.225 e. The van der Waals surface area contributed by atoms with Gasteiger partial charge in [-0.2, -0.15) is 5.26 Å². The van der Waals surface area contributed by atoms with Crippen LogP contribution in [-0.2, 0) is 24.1 Å². The van der Waals surface area contributed by atoms with Gasteiger partial charge in [0, 0.05) is 49.8 Å². The lowest BCUT2D eigenvalue weighted by Crippen LogP contribution is -2.50. The van der Waals surface area contributed by atoms with Crippen LogP contribution in [0.25, 0.3) is 0 Å². The molecule has 2 heterocycles. The van der Waals surface area contributed by atoms with E-state index in [4.69, 9.17) is 10.2 Å². The number of benzene rings is 1. The average molecular weight is 410 g/mol. The maximum atomic E-state index is 13.3. The van der Waals surface area contributed by atoms with E-state index in [-0.39, 0.29) is 24.1 Å². The van der Waals surface area contributed by atoms with Gasteiger partial charge in [0.05, 0.1) is 12.5 Å². The molecule has 6 nitrogen and oxygen atoms in total. The number of aromatic nitrogens is 2. The van der Waals surface area contributed by atoms with E-state index in [1.54, 1.807) is 12.1 Å². The third kappa shape index (κ3) is 4.93. The minimum absolute atomic E-state index is 0.0152. The summed E-state index contributed by atoms with van der Waals surface area (Å²) in [6.45, 7) is 8.53. The SMILES string of the molecule is CCc1nc(CC#N)nc(N2CCN(C(=O)C(C)C)CC2)c1Cc1ccc(F)cc1. The number of piperazine rings is 1. The fourth-order valence-corrected chi connectivity index (χ4v) is 3.76. The summed E-state index contributed by atoms with van der Waals surface area (Å²) < 4.78 is 13.3. The van der Waals surface area contributed by atoms with Gasteiger partial charge in [0.2, 0.25) is 5.91 Å². The molecule has 0 atom stereocenters. The second-order valence-corrected chi connectivity index (χ2v) is 7.85. The molecule has 0 N–H and O–H groups in total. The highest BCUT2D eigenvalue weighted by molar-refractivity contribution is 5.78. The molecule has 0 bridgehead atoms. The van der Waals surface area contributed by atoms with Crippen molar-refractivity contribution in [2.45, 2.75) is 40.0 Å². The van der Waals surface area contributed by atoms with E-state index in [9.17, 15) is 9.18 Å². The van der Waals surface area contributed by atoms with Crippen LogP contribution >= 0.6 is 0 Å². The van der Waals surface area contributed by atoms with Gasteiger partial charge in [-0.05, 0) is 24.1 Å². The maximum absolute atomic E-state index is 13.3. The highest BCUT2D eigenvalue weighted by Crippen LogP contribution is 2.26. The standard InChI is InChI=1S/C23H28FN5O/c1-4-20-19(15-17-5-7-18(24)8-6-17)22(27-21(26-20)9-10-25)28-11-13-29(14-12-28)23(30)16(2)3/h5-8,16H,4,9,11-15H2,1-3H3. The third-order valence-corrected chi connectivity index (χ3v) is 5.37. The van der Waals surface area contributed by atoms with Crippen molar-refractivity contribution in [2.24, 2.45) is 5.92 Å². The lowest BCUT2D eigenvalue weighted by Gasteiger charge is -2.37. The number of aryl methyl sites for hydroxylation is 1. The van der Waals surface area contributed by atoms with Gasteiger partial charge in [0.15, 0.2) is 0 Å². The minimum Gasteiger partial charge on any atom is -0.353 e. The molecule has 1 saturated heterocycles. The number of hydrogen-bond acceptors (Lipinski definition) is 5. The second-order valence-electron chi connectivity index (χ2n) is 7.85. The zero-order valence-corrected chi connectivity index (χ0v) is 17.9. The molecule has 7 heteroatoms. The number of anilines is 1. The predicted molar refractivity (Wildman–Crippen MR) is 114 cm³/mol. The first-order valence-corrected chi connectivity index (χ1v) is 10.5. The molecule has 0 radical (unpaired) electrons. The first-order chi connectivity index (χ1) is 14.4. The van der Waals surface area contributed by atoms with Crippen LogP contribution in [0, 0.1) is 23.1 Å². The van der Waals surface area contributed by atoms with Gasteiger partial charge in [-0.1, -0.05) is 32.9 Å². The first-order valence-electron chi connectivity index (χ1n) is 10.5. The number of hydrogen-bond donors (Lipinski definition) is 0. The minimum atomic E-state index is -0.263. The lowest BCUT2D eigenvalue weighted by atomic mass is 10.0. The number of halogens is 1. The Labute approximate surface area is 177 Å². The van der Waals surface area contributed by atoms with E-state index in [0.29, 0.717) is 38.4 Å². The summed E-state index contributed by atoms with van der Waals surface area (Å²) in [6.07, 6.45) is 1.47. The topological polar surface area (TPSA) is 73.1 Å². The van der Waals surface area contributed by atoms with E-state index in [1.165, 1.54) is 12.1 Å². The smallest absolute Gasteiger partial charge is 0.225 e. The van der Waals surface area contributed by atoms with Crippen LogP contribution in [0.15, 0.2) is 24.3 Å². The van der Waals surface area contributed by atoms with Gasteiger partial charge >= 0.3 is 0 Å². The van der Waals surface area contributed by atoms with Gasteiger partial charge in [-0.25, -0.2) is 14.4 Å². The van der Waals surface area contributed by atoms with Crippen molar-refractivity contribution in [3.05, 3.63) is 52.7 Å². The van der Waals surface area contributed by atoms with Gasteiger partial charge in [0.1, 0.15) is 17.5 Å². The zero-order valence-electron chi connectivity index (χ0n) is 17.9. The van der Waals surface area contributed by atoms with Crippen molar-refractivity contribution < 1.29 is 9.18 Å². The number of nitriles is 1. The Morgan fingerprint density at radius 1 is 1.17 bits per heavy atom. The van der Waals surface area contributed by atoms with Crippen molar-refractivity contribution in [2.75, 3.05) is 31.1 Å². The van der Waals surface area contributed by atoms with E-state index >= 15 is 0 Å². The molecular weight excluding hydrogens is 381 g/mol. The summed E-state index contributed by atoms with van der Waals surface area (Å²) in [5, 5.41) is 9.14. The van der Waals surface area contributed by atoms with Gasteiger partial charge in [0.25, 0.3) is 0 Å². The predicted octanol–water partition coefficient (Wildman–Crippen LogP) is 3.14. The molecule has 1 aliphatic heterocycles. The van der Waals surface area contributed by atoms with Crippen LogP contribution in [-0.4, -0.2) is 47.0 Å². The Bertz CT molecular complexity index is 928. The summed E-state index contributed by atoms with van der Waals surface area (Å²) in [5.74, 6) is 1.24.